The number of fused-ring (bicyclic) bond motifs is 1. The summed E-state index contributed by atoms with van der Waals surface area (Å²) in [4.78, 5) is 20.0. The van der Waals surface area contributed by atoms with Gasteiger partial charge in [-0.2, -0.15) is 0 Å². The van der Waals surface area contributed by atoms with E-state index < -0.39 is 5.82 Å². The van der Waals surface area contributed by atoms with Crippen molar-refractivity contribution in [3.8, 4) is 0 Å². The molecule has 0 radical (unpaired) electrons. The molecular weight excluding hydrogens is 325 g/mol. The lowest BCUT2D eigenvalue weighted by Gasteiger charge is -2.08. The number of nitrogens with one attached hydrogen (secondary N) is 2. The van der Waals surface area contributed by atoms with E-state index in [1.54, 1.807) is 24.5 Å². The first-order valence-electron chi connectivity index (χ1n) is 7.76. The summed E-state index contributed by atoms with van der Waals surface area (Å²) >= 11 is 1.53. The number of pyridine rings is 1. The molecule has 0 spiro atoms. The highest BCUT2D eigenvalue weighted by atomic mass is 32.2. The number of aromatic amines is 1. The summed E-state index contributed by atoms with van der Waals surface area (Å²) in [5.74, 6) is 0.0601. The van der Waals surface area contributed by atoms with Crippen LogP contribution in [0.25, 0.3) is 11.0 Å². The number of carbonyl (C=O) groups is 1. The summed E-state index contributed by atoms with van der Waals surface area (Å²) < 4.78 is 17.3. The smallest absolute Gasteiger partial charge is 0.198 e. The molecule has 24 heavy (non-hydrogen) atoms. The van der Waals surface area contributed by atoms with E-state index in [-0.39, 0.29) is 11.3 Å². The number of hydrogen-bond donors (Lipinski definition) is 2. The topological polar surface area (TPSA) is 57.8 Å². The second kappa shape index (κ2) is 7.05. The summed E-state index contributed by atoms with van der Waals surface area (Å²) in [6.45, 7) is 3.99. The summed E-state index contributed by atoms with van der Waals surface area (Å²) in [6.07, 6.45) is 4.35. The summed E-state index contributed by atoms with van der Waals surface area (Å²) in [5.41, 5.74) is 2.77. The zero-order valence-electron chi connectivity index (χ0n) is 13.5. The SMILES string of the molecule is CCCSNc1ccc(F)c(C(=O)c2c[nH]c3ncc(C)cc23)c1. The number of hydrogen-bond acceptors (Lipinski definition) is 4. The van der Waals surface area contributed by atoms with Crippen molar-refractivity contribution in [2.24, 2.45) is 0 Å². The van der Waals surface area contributed by atoms with Crippen molar-refractivity contribution in [1.29, 1.82) is 0 Å². The summed E-state index contributed by atoms with van der Waals surface area (Å²) in [5, 5.41) is 0.707. The van der Waals surface area contributed by atoms with Crippen LogP contribution in [-0.2, 0) is 0 Å². The van der Waals surface area contributed by atoms with E-state index in [1.807, 2.05) is 13.0 Å². The lowest BCUT2D eigenvalue weighted by molar-refractivity contribution is 0.103. The third-order valence-corrected chi connectivity index (χ3v) is 4.61. The van der Waals surface area contributed by atoms with E-state index in [4.69, 9.17) is 0 Å². The van der Waals surface area contributed by atoms with Crippen molar-refractivity contribution in [2.75, 3.05) is 10.5 Å². The number of H-pyrrole nitrogens is 1. The molecule has 0 unspecified atom stereocenters. The van der Waals surface area contributed by atoms with Crippen LogP contribution in [0.15, 0.2) is 36.7 Å². The Morgan fingerprint density at radius 2 is 2.17 bits per heavy atom. The third kappa shape index (κ3) is 3.28. The van der Waals surface area contributed by atoms with Crippen molar-refractivity contribution in [1.82, 2.24) is 9.97 Å². The number of carbonyl (C=O) groups excluding carboxylic acids is 1. The van der Waals surface area contributed by atoms with Crippen LogP contribution >= 0.6 is 11.9 Å². The summed E-state index contributed by atoms with van der Waals surface area (Å²) in [6, 6.07) is 6.39. The molecule has 124 valence electrons. The molecule has 0 amide bonds. The zero-order chi connectivity index (χ0) is 17.1. The van der Waals surface area contributed by atoms with E-state index in [0.29, 0.717) is 22.3 Å². The van der Waals surface area contributed by atoms with Gasteiger partial charge in [-0.3, -0.25) is 4.79 Å². The Balaban J connectivity index is 1.96. The second-order valence-electron chi connectivity index (χ2n) is 5.59. The molecule has 2 N–H and O–H groups in total. The van der Waals surface area contributed by atoms with Crippen LogP contribution in [0.5, 0.6) is 0 Å². The number of aryl methyl sites for hydroxylation is 1. The molecule has 0 fully saturated rings. The monoisotopic (exact) mass is 343 g/mol. The molecule has 0 atom stereocenters. The minimum atomic E-state index is -0.527. The predicted octanol–water partition coefficient (Wildman–Crippen LogP) is 4.71. The number of anilines is 1. The molecule has 4 nitrogen and oxygen atoms in total. The van der Waals surface area contributed by atoms with E-state index >= 15 is 0 Å². The van der Waals surface area contributed by atoms with Gasteiger partial charge in [0.05, 0.1) is 5.56 Å². The maximum atomic E-state index is 14.2. The van der Waals surface area contributed by atoms with Gasteiger partial charge >= 0.3 is 0 Å². The van der Waals surface area contributed by atoms with Gasteiger partial charge in [-0.05, 0) is 43.2 Å². The molecule has 0 bridgehead atoms. The van der Waals surface area contributed by atoms with Crippen LogP contribution in [0.1, 0.15) is 34.8 Å². The number of rotatable bonds is 6. The maximum Gasteiger partial charge on any atom is 0.198 e. The Morgan fingerprint density at radius 3 is 2.96 bits per heavy atom. The highest BCUT2D eigenvalue weighted by Crippen LogP contribution is 2.24. The normalized spacial score (nSPS) is 11.0. The lowest BCUT2D eigenvalue weighted by atomic mass is 10.0. The highest BCUT2D eigenvalue weighted by Gasteiger charge is 2.19. The average molecular weight is 343 g/mol. The van der Waals surface area contributed by atoms with Crippen molar-refractivity contribution in [2.45, 2.75) is 20.3 Å². The molecular formula is C18H18FN3OS. The van der Waals surface area contributed by atoms with E-state index in [0.717, 1.165) is 17.7 Å². The Bertz CT molecular complexity index is 891. The van der Waals surface area contributed by atoms with Gasteiger partial charge in [-0.1, -0.05) is 18.9 Å². The van der Waals surface area contributed by atoms with Gasteiger partial charge in [0.1, 0.15) is 11.5 Å². The van der Waals surface area contributed by atoms with E-state index in [2.05, 4.69) is 21.6 Å². The number of benzene rings is 1. The van der Waals surface area contributed by atoms with Gasteiger partial charge in [-0.15, -0.1) is 0 Å². The third-order valence-electron chi connectivity index (χ3n) is 3.62. The van der Waals surface area contributed by atoms with Crippen molar-refractivity contribution < 1.29 is 9.18 Å². The van der Waals surface area contributed by atoms with Crippen LogP contribution in [0.2, 0.25) is 0 Å². The van der Waals surface area contributed by atoms with Crippen LogP contribution < -0.4 is 4.72 Å². The first-order chi connectivity index (χ1) is 11.6. The fourth-order valence-electron chi connectivity index (χ4n) is 2.44. The predicted molar refractivity (Wildman–Crippen MR) is 97.0 cm³/mol. The van der Waals surface area contributed by atoms with Crippen molar-refractivity contribution >= 4 is 34.5 Å². The zero-order valence-corrected chi connectivity index (χ0v) is 14.3. The first-order valence-corrected chi connectivity index (χ1v) is 8.74. The van der Waals surface area contributed by atoms with Crippen molar-refractivity contribution in [3.63, 3.8) is 0 Å². The van der Waals surface area contributed by atoms with E-state index in [9.17, 15) is 9.18 Å². The number of ketones is 1. The van der Waals surface area contributed by atoms with Gasteiger partial charge in [0, 0.05) is 34.8 Å². The molecule has 2 heterocycles. The van der Waals surface area contributed by atoms with Gasteiger partial charge in [0.2, 0.25) is 0 Å². The number of aromatic nitrogens is 2. The molecule has 6 heteroatoms. The molecule has 3 aromatic rings. The molecule has 0 aliphatic rings. The van der Waals surface area contributed by atoms with Crippen LogP contribution in [0.3, 0.4) is 0 Å². The Kier molecular flexibility index (Phi) is 4.85. The van der Waals surface area contributed by atoms with Gasteiger partial charge in [-0.25, -0.2) is 9.37 Å². The quantitative estimate of drug-likeness (QED) is 0.386. The number of nitrogens with zero attached hydrogens (tertiary/aromatic N) is 1. The average Bonchev–Trinajstić information content (AvgIpc) is 2.99. The standard InChI is InChI=1S/C18H18FN3OS/c1-3-6-24-22-12-4-5-16(19)14(8-12)17(23)15-10-21-18-13(15)7-11(2)9-20-18/h4-5,7-10,22H,3,6H2,1-2H3,(H,20,21). The fraction of sp³-hybridized carbons (Fsp3) is 0.222. The first kappa shape index (κ1) is 16.5. The molecule has 0 saturated carbocycles. The Labute approximate surface area is 144 Å². The molecule has 2 aromatic heterocycles. The Hall–Kier alpha value is -2.34. The Morgan fingerprint density at radius 1 is 1.33 bits per heavy atom. The van der Waals surface area contributed by atoms with Gasteiger partial charge in [0.25, 0.3) is 0 Å². The lowest BCUT2D eigenvalue weighted by Crippen LogP contribution is -2.05. The molecule has 0 aliphatic heterocycles. The largest absolute Gasteiger partial charge is 0.345 e. The molecule has 3 rings (SSSR count). The minimum Gasteiger partial charge on any atom is -0.345 e. The van der Waals surface area contributed by atoms with Gasteiger partial charge in [0.15, 0.2) is 5.78 Å². The van der Waals surface area contributed by atoms with E-state index in [1.165, 1.54) is 18.0 Å². The maximum absolute atomic E-state index is 14.2. The van der Waals surface area contributed by atoms with Crippen LogP contribution in [0.4, 0.5) is 10.1 Å². The minimum absolute atomic E-state index is 0.0551. The molecule has 1 aromatic carbocycles. The fourth-order valence-corrected chi connectivity index (χ4v) is 3.04. The van der Waals surface area contributed by atoms with Crippen molar-refractivity contribution in [3.05, 3.63) is 59.2 Å². The van der Waals surface area contributed by atoms with Crippen LogP contribution in [-0.4, -0.2) is 21.5 Å². The number of halogens is 1. The highest BCUT2D eigenvalue weighted by molar-refractivity contribution is 8.00. The van der Waals surface area contributed by atoms with Gasteiger partial charge < -0.3 is 9.71 Å². The molecule has 0 aliphatic carbocycles. The summed E-state index contributed by atoms with van der Waals surface area (Å²) in [7, 11) is 0. The second-order valence-corrected chi connectivity index (χ2v) is 6.49. The molecule has 0 saturated heterocycles. The van der Waals surface area contributed by atoms with Crippen LogP contribution in [0, 0.1) is 12.7 Å².